The summed E-state index contributed by atoms with van der Waals surface area (Å²) < 4.78 is 5.81. The number of nitrogens with one attached hydrogen (secondary N) is 1. The Morgan fingerprint density at radius 3 is 2.91 bits per heavy atom. The van der Waals surface area contributed by atoms with Crippen LogP contribution in [-0.4, -0.2) is 10.9 Å². The summed E-state index contributed by atoms with van der Waals surface area (Å²) in [4.78, 5) is 16.4. The number of fused-ring (bicyclic) bond motifs is 1. The van der Waals surface area contributed by atoms with E-state index in [1.165, 1.54) is 0 Å². The molecule has 0 aliphatic heterocycles. The normalized spacial score (nSPS) is 10.9. The largest absolute Gasteiger partial charge is 0.436 e. The molecular weight excluding hydrogens is 288 g/mol. The summed E-state index contributed by atoms with van der Waals surface area (Å²) in [6.45, 7) is 4.10. The Hall–Kier alpha value is -2.62. The van der Waals surface area contributed by atoms with Gasteiger partial charge in [-0.3, -0.25) is 4.79 Å². The van der Waals surface area contributed by atoms with Gasteiger partial charge in [-0.15, -0.1) is 0 Å². The van der Waals surface area contributed by atoms with Crippen LogP contribution in [0.5, 0.6) is 0 Å². The Bertz CT molecular complexity index is 836. The van der Waals surface area contributed by atoms with Crippen molar-refractivity contribution in [2.75, 3.05) is 5.32 Å². The van der Waals surface area contributed by atoms with Crippen molar-refractivity contribution in [2.45, 2.75) is 33.1 Å². The molecule has 118 valence electrons. The highest BCUT2D eigenvalue weighted by atomic mass is 16.3. The maximum Gasteiger partial charge on any atom is 0.227 e. The van der Waals surface area contributed by atoms with E-state index in [4.69, 9.17) is 4.42 Å². The highest BCUT2D eigenvalue weighted by molar-refractivity contribution is 5.91. The summed E-state index contributed by atoms with van der Waals surface area (Å²) in [5, 5.41) is 2.92. The third-order valence-corrected chi connectivity index (χ3v) is 3.69. The van der Waals surface area contributed by atoms with Crippen molar-refractivity contribution < 1.29 is 9.21 Å². The monoisotopic (exact) mass is 308 g/mol. The molecule has 0 saturated heterocycles. The number of amides is 1. The van der Waals surface area contributed by atoms with Gasteiger partial charge in [-0.25, -0.2) is 4.98 Å². The fourth-order valence-electron chi connectivity index (χ4n) is 2.45. The van der Waals surface area contributed by atoms with Crippen LogP contribution in [0.15, 0.2) is 46.9 Å². The standard InChI is InChI=1S/C19H20N2O2/c1-3-4-8-18(22)20-15-7-5-6-14(12-15)19-21-16-11-13(2)9-10-17(16)23-19/h5-7,9-12H,3-4,8H2,1-2H3,(H,20,22). The summed E-state index contributed by atoms with van der Waals surface area (Å²) in [5.74, 6) is 0.604. The van der Waals surface area contributed by atoms with Gasteiger partial charge < -0.3 is 9.73 Å². The van der Waals surface area contributed by atoms with Crippen molar-refractivity contribution in [3.05, 3.63) is 48.0 Å². The number of aryl methyl sites for hydroxylation is 1. The molecule has 4 heteroatoms. The van der Waals surface area contributed by atoms with Gasteiger partial charge in [-0.1, -0.05) is 25.5 Å². The van der Waals surface area contributed by atoms with E-state index in [-0.39, 0.29) is 5.91 Å². The van der Waals surface area contributed by atoms with Crippen LogP contribution in [0.3, 0.4) is 0 Å². The highest BCUT2D eigenvalue weighted by Crippen LogP contribution is 2.26. The molecule has 0 spiro atoms. The summed E-state index contributed by atoms with van der Waals surface area (Å²) in [6, 6.07) is 13.5. The average molecular weight is 308 g/mol. The van der Waals surface area contributed by atoms with E-state index in [0.717, 1.165) is 40.8 Å². The Morgan fingerprint density at radius 1 is 1.22 bits per heavy atom. The van der Waals surface area contributed by atoms with Crippen molar-refractivity contribution in [2.24, 2.45) is 0 Å². The molecule has 0 bridgehead atoms. The fraction of sp³-hybridized carbons (Fsp3) is 0.263. The lowest BCUT2D eigenvalue weighted by Gasteiger charge is -2.05. The summed E-state index contributed by atoms with van der Waals surface area (Å²) >= 11 is 0. The van der Waals surface area contributed by atoms with E-state index in [2.05, 4.69) is 17.2 Å². The van der Waals surface area contributed by atoms with Crippen molar-refractivity contribution >= 4 is 22.7 Å². The number of rotatable bonds is 5. The molecule has 0 unspecified atom stereocenters. The molecule has 0 aliphatic carbocycles. The van der Waals surface area contributed by atoms with Crippen molar-refractivity contribution in [3.63, 3.8) is 0 Å². The number of hydrogen-bond acceptors (Lipinski definition) is 3. The van der Waals surface area contributed by atoms with E-state index < -0.39 is 0 Å². The van der Waals surface area contributed by atoms with Crippen LogP contribution in [0, 0.1) is 6.92 Å². The fourth-order valence-corrected chi connectivity index (χ4v) is 2.45. The topological polar surface area (TPSA) is 55.1 Å². The van der Waals surface area contributed by atoms with Crippen molar-refractivity contribution in [1.82, 2.24) is 4.98 Å². The first kappa shape index (κ1) is 15.3. The smallest absolute Gasteiger partial charge is 0.227 e. The first-order valence-electron chi connectivity index (χ1n) is 7.93. The van der Waals surface area contributed by atoms with Gasteiger partial charge in [0.05, 0.1) is 0 Å². The number of benzene rings is 2. The van der Waals surface area contributed by atoms with Gasteiger partial charge in [0, 0.05) is 17.7 Å². The van der Waals surface area contributed by atoms with Gasteiger partial charge in [0.25, 0.3) is 0 Å². The molecule has 2 aromatic carbocycles. The number of carbonyl (C=O) groups excluding carboxylic acids is 1. The Balaban J connectivity index is 1.84. The summed E-state index contributed by atoms with van der Waals surface area (Å²) in [6.07, 6.45) is 2.45. The lowest BCUT2D eigenvalue weighted by Crippen LogP contribution is -2.10. The van der Waals surface area contributed by atoms with E-state index in [9.17, 15) is 4.79 Å². The predicted octanol–water partition coefficient (Wildman–Crippen LogP) is 4.93. The highest BCUT2D eigenvalue weighted by Gasteiger charge is 2.09. The average Bonchev–Trinajstić information content (AvgIpc) is 2.96. The molecule has 0 radical (unpaired) electrons. The molecule has 3 aromatic rings. The number of anilines is 1. The van der Waals surface area contributed by atoms with Crippen LogP contribution in [0.25, 0.3) is 22.6 Å². The third-order valence-electron chi connectivity index (χ3n) is 3.69. The molecule has 23 heavy (non-hydrogen) atoms. The van der Waals surface area contributed by atoms with Crippen LogP contribution in [0.2, 0.25) is 0 Å². The van der Waals surface area contributed by atoms with E-state index in [1.54, 1.807) is 0 Å². The first-order valence-corrected chi connectivity index (χ1v) is 7.93. The second-order valence-corrected chi connectivity index (χ2v) is 5.72. The SMILES string of the molecule is CCCCC(=O)Nc1cccc(-c2nc3cc(C)ccc3o2)c1. The third kappa shape index (κ3) is 3.59. The first-order chi connectivity index (χ1) is 11.2. The molecule has 1 N–H and O–H groups in total. The number of aromatic nitrogens is 1. The van der Waals surface area contributed by atoms with Gasteiger partial charge in [0.15, 0.2) is 5.58 Å². The van der Waals surface area contributed by atoms with E-state index in [1.807, 2.05) is 49.4 Å². The summed E-state index contributed by atoms with van der Waals surface area (Å²) in [5.41, 5.74) is 4.38. The lowest BCUT2D eigenvalue weighted by atomic mass is 10.2. The molecule has 0 atom stereocenters. The lowest BCUT2D eigenvalue weighted by molar-refractivity contribution is -0.116. The Labute approximate surface area is 135 Å². The number of oxazole rings is 1. The van der Waals surface area contributed by atoms with Gasteiger partial charge >= 0.3 is 0 Å². The molecular formula is C19H20N2O2. The summed E-state index contributed by atoms with van der Waals surface area (Å²) in [7, 11) is 0. The molecule has 4 nitrogen and oxygen atoms in total. The quantitative estimate of drug-likeness (QED) is 0.727. The van der Waals surface area contributed by atoms with Gasteiger partial charge in [0.1, 0.15) is 5.52 Å². The molecule has 3 rings (SSSR count). The minimum atomic E-state index is 0.0391. The van der Waals surface area contributed by atoms with Gasteiger partial charge in [0.2, 0.25) is 11.8 Å². The Kier molecular flexibility index (Phi) is 4.42. The van der Waals surface area contributed by atoms with Crippen molar-refractivity contribution in [3.8, 4) is 11.5 Å². The number of hydrogen-bond donors (Lipinski definition) is 1. The number of nitrogens with zero attached hydrogens (tertiary/aromatic N) is 1. The molecule has 0 saturated carbocycles. The zero-order valence-electron chi connectivity index (χ0n) is 13.4. The second kappa shape index (κ2) is 6.65. The van der Waals surface area contributed by atoms with Gasteiger partial charge in [-0.2, -0.15) is 0 Å². The minimum Gasteiger partial charge on any atom is -0.436 e. The molecule has 1 heterocycles. The Morgan fingerprint density at radius 2 is 2.09 bits per heavy atom. The zero-order valence-corrected chi connectivity index (χ0v) is 13.4. The van der Waals surface area contributed by atoms with Crippen LogP contribution in [0.4, 0.5) is 5.69 Å². The predicted molar refractivity (Wildman–Crippen MR) is 92.3 cm³/mol. The molecule has 1 amide bonds. The number of carbonyl (C=O) groups is 1. The van der Waals surface area contributed by atoms with Crippen LogP contribution < -0.4 is 5.32 Å². The van der Waals surface area contributed by atoms with Crippen molar-refractivity contribution in [1.29, 1.82) is 0 Å². The van der Waals surface area contributed by atoms with Gasteiger partial charge in [-0.05, 0) is 49.2 Å². The maximum atomic E-state index is 11.8. The van der Waals surface area contributed by atoms with E-state index >= 15 is 0 Å². The number of unbranched alkanes of at least 4 members (excludes halogenated alkanes) is 1. The van der Waals surface area contributed by atoms with Crippen LogP contribution in [-0.2, 0) is 4.79 Å². The molecule has 0 aliphatic rings. The minimum absolute atomic E-state index is 0.0391. The molecule has 1 aromatic heterocycles. The molecule has 0 fully saturated rings. The second-order valence-electron chi connectivity index (χ2n) is 5.72. The van der Waals surface area contributed by atoms with E-state index in [0.29, 0.717) is 12.3 Å². The zero-order chi connectivity index (χ0) is 16.2. The maximum absolute atomic E-state index is 11.8. The van der Waals surface area contributed by atoms with Crippen LogP contribution in [0.1, 0.15) is 31.7 Å². The van der Waals surface area contributed by atoms with Crippen LogP contribution >= 0.6 is 0 Å².